The molecule has 1 heterocycles. The van der Waals surface area contributed by atoms with Crippen molar-refractivity contribution in [1.29, 1.82) is 0 Å². The first-order valence-electron chi connectivity index (χ1n) is 7.42. The van der Waals surface area contributed by atoms with E-state index in [9.17, 15) is 9.18 Å². The van der Waals surface area contributed by atoms with Crippen LogP contribution in [0, 0.1) is 5.82 Å². The smallest absolute Gasteiger partial charge is 0.227 e. The van der Waals surface area contributed by atoms with E-state index in [2.05, 4.69) is 0 Å². The van der Waals surface area contributed by atoms with Crippen LogP contribution in [0.5, 0.6) is 0 Å². The van der Waals surface area contributed by atoms with Gasteiger partial charge in [0.1, 0.15) is 11.9 Å². The standard InChI is InChI=1S/C18H18FNO2/c19-16-9-5-4-8-15(16)17-13-20(10-11-22-17)18(21)12-14-6-2-1-3-7-14/h1-9,17H,10-13H2. The van der Waals surface area contributed by atoms with Crippen molar-refractivity contribution >= 4 is 5.91 Å². The van der Waals surface area contributed by atoms with Gasteiger partial charge in [-0.05, 0) is 11.6 Å². The van der Waals surface area contributed by atoms with Gasteiger partial charge in [0.15, 0.2) is 0 Å². The predicted octanol–water partition coefficient (Wildman–Crippen LogP) is 2.97. The Morgan fingerprint density at radius 3 is 2.64 bits per heavy atom. The number of benzene rings is 2. The first kappa shape index (κ1) is 14.7. The molecule has 2 aromatic rings. The van der Waals surface area contributed by atoms with Gasteiger partial charge in [0, 0.05) is 12.1 Å². The molecule has 0 N–H and O–H groups in total. The van der Waals surface area contributed by atoms with E-state index in [4.69, 9.17) is 4.74 Å². The number of carbonyl (C=O) groups excluding carboxylic acids is 1. The molecule has 1 aliphatic rings. The second kappa shape index (κ2) is 6.71. The zero-order valence-electron chi connectivity index (χ0n) is 12.2. The van der Waals surface area contributed by atoms with Crippen molar-refractivity contribution in [2.75, 3.05) is 19.7 Å². The molecule has 1 fully saturated rings. The summed E-state index contributed by atoms with van der Waals surface area (Å²) in [6.07, 6.45) is -0.0279. The van der Waals surface area contributed by atoms with Crippen molar-refractivity contribution in [2.24, 2.45) is 0 Å². The molecule has 1 amide bonds. The fourth-order valence-electron chi connectivity index (χ4n) is 2.68. The normalized spacial score (nSPS) is 18.2. The van der Waals surface area contributed by atoms with Crippen LogP contribution in [0.1, 0.15) is 17.2 Å². The lowest BCUT2D eigenvalue weighted by molar-refractivity contribution is -0.138. The highest BCUT2D eigenvalue weighted by molar-refractivity contribution is 5.78. The topological polar surface area (TPSA) is 29.5 Å². The number of ether oxygens (including phenoxy) is 1. The molecule has 0 saturated carbocycles. The van der Waals surface area contributed by atoms with Crippen LogP contribution in [-0.2, 0) is 16.0 Å². The van der Waals surface area contributed by atoms with Gasteiger partial charge in [0.25, 0.3) is 0 Å². The van der Waals surface area contributed by atoms with Crippen LogP contribution >= 0.6 is 0 Å². The summed E-state index contributed by atoms with van der Waals surface area (Å²) in [6.45, 7) is 1.38. The second-order valence-electron chi connectivity index (χ2n) is 5.38. The summed E-state index contributed by atoms with van der Waals surface area (Å²) in [5, 5.41) is 0. The lowest BCUT2D eigenvalue weighted by Gasteiger charge is -2.33. The lowest BCUT2D eigenvalue weighted by atomic mass is 10.1. The predicted molar refractivity (Wildman–Crippen MR) is 81.8 cm³/mol. The summed E-state index contributed by atoms with van der Waals surface area (Å²) < 4.78 is 19.5. The summed E-state index contributed by atoms with van der Waals surface area (Å²) in [4.78, 5) is 14.2. The number of hydrogen-bond acceptors (Lipinski definition) is 2. The van der Waals surface area contributed by atoms with Crippen molar-refractivity contribution in [3.05, 3.63) is 71.5 Å². The van der Waals surface area contributed by atoms with Gasteiger partial charge in [-0.15, -0.1) is 0 Å². The van der Waals surface area contributed by atoms with E-state index in [-0.39, 0.29) is 11.7 Å². The molecule has 1 atom stereocenters. The zero-order chi connectivity index (χ0) is 15.4. The van der Waals surface area contributed by atoms with E-state index in [1.807, 2.05) is 30.3 Å². The van der Waals surface area contributed by atoms with Gasteiger partial charge in [0.05, 0.1) is 19.6 Å². The number of rotatable bonds is 3. The van der Waals surface area contributed by atoms with Crippen molar-refractivity contribution in [2.45, 2.75) is 12.5 Å². The molecule has 114 valence electrons. The molecule has 22 heavy (non-hydrogen) atoms. The average molecular weight is 299 g/mol. The summed E-state index contributed by atoms with van der Waals surface area (Å²) in [7, 11) is 0. The van der Waals surface area contributed by atoms with Crippen molar-refractivity contribution < 1.29 is 13.9 Å². The number of amides is 1. The molecule has 3 nitrogen and oxygen atoms in total. The Hall–Kier alpha value is -2.20. The SMILES string of the molecule is O=C(Cc1ccccc1)N1CCOC(c2ccccc2F)C1. The molecule has 2 aromatic carbocycles. The number of nitrogens with zero attached hydrogens (tertiary/aromatic N) is 1. The van der Waals surface area contributed by atoms with Gasteiger partial charge >= 0.3 is 0 Å². The van der Waals surface area contributed by atoms with E-state index in [1.54, 1.807) is 23.1 Å². The van der Waals surface area contributed by atoms with E-state index in [1.165, 1.54) is 6.07 Å². The van der Waals surface area contributed by atoms with E-state index < -0.39 is 6.10 Å². The van der Waals surface area contributed by atoms with Gasteiger partial charge in [-0.25, -0.2) is 4.39 Å². The van der Waals surface area contributed by atoms with Crippen LogP contribution in [0.25, 0.3) is 0 Å². The molecular weight excluding hydrogens is 281 g/mol. The Kier molecular flexibility index (Phi) is 4.49. The van der Waals surface area contributed by atoms with E-state index in [0.717, 1.165) is 5.56 Å². The van der Waals surface area contributed by atoms with Crippen LogP contribution < -0.4 is 0 Å². The maximum atomic E-state index is 13.9. The average Bonchev–Trinajstić information content (AvgIpc) is 2.56. The molecule has 4 heteroatoms. The summed E-state index contributed by atoms with van der Waals surface area (Å²) >= 11 is 0. The molecule has 0 spiro atoms. The van der Waals surface area contributed by atoms with Gasteiger partial charge in [0.2, 0.25) is 5.91 Å². The molecule has 0 aromatic heterocycles. The maximum absolute atomic E-state index is 13.9. The van der Waals surface area contributed by atoms with Crippen LogP contribution in [0.4, 0.5) is 4.39 Å². The first-order chi connectivity index (χ1) is 10.7. The van der Waals surface area contributed by atoms with Gasteiger partial charge in [-0.2, -0.15) is 0 Å². The summed E-state index contributed by atoms with van der Waals surface area (Å²) in [6, 6.07) is 16.2. The highest BCUT2D eigenvalue weighted by Crippen LogP contribution is 2.24. The van der Waals surface area contributed by atoms with Crippen LogP contribution in [-0.4, -0.2) is 30.5 Å². The second-order valence-corrected chi connectivity index (χ2v) is 5.38. The third-order valence-electron chi connectivity index (χ3n) is 3.87. The van der Waals surface area contributed by atoms with E-state index in [0.29, 0.717) is 31.7 Å². The third-order valence-corrected chi connectivity index (χ3v) is 3.87. The number of halogens is 1. The third kappa shape index (κ3) is 3.34. The zero-order valence-corrected chi connectivity index (χ0v) is 12.2. The fourth-order valence-corrected chi connectivity index (χ4v) is 2.68. The Morgan fingerprint density at radius 2 is 1.86 bits per heavy atom. The Balaban J connectivity index is 1.68. The minimum atomic E-state index is -0.394. The van der Waals surface area contributed by atoms with Gasteiger partial charge < -0.3 is 9.64 Å². The molecule has 3 rings (SSSR count). The monoisotopic (exact) mass is 299 g/mol. The Morgan fingerprint density at radius 1 is 1.14 bits per heavy atom. The number of morpholine rings is 1. The quantitative estimate of drug-likeness (QED) is 0.872. The van der Waals surface area contributed by atoms with Crippen LogP contribution in [0.3, 0.4) is 0 Å². The van der Waals surface area contributed by atoms with Crippen LogP contribution in [0.2, 0.25) is 0 Å². The van der Waals surface area contributed by atoms with Gasteiger partial charge in [-0.3, -0.25) is 4.79 Å². The van der Waals surface area contributed by atoms with Crippen molar-refractivity contribution in [3.8, 4) is 0 Å². The maximum Gasteiger partial charge on any atom is 0.227 e. The molecule has 0 aliphatic carbocycles. The highest BCUT2D eigenvalue weighted by atomic mass is 19.1. The Bertz CT molecular complexity index is 645. The molecule has 1 unspecified atom stereocenters. The minimum absolute atomic E-state index is 0.0517. The number of hydrogen-bond donors (Lipinski definition) is 0. The van der Waals surface area contributed by atoms with Crippen molar-refractivity contribution in [3.63, 3.8) is 0 Å². The van der Waals surface area contributed by atoms with Crippen molar-refractivity contribution in [1.82, 2.24) is 4.90 Å². The molecular formula is C18H18FNO2. The first-order valence-corrected chi connectivity index (χ1v) is 7.42. The molecule has 0 radical (unpaired) electrons. The van der Waals surface area contributed by atoms with E-state index >= 15 is 0 Å². The summed E-state index contributed by atoms with van der Waals surface area (Å²) in [5.74, 6) is -0.235. The molecule has 1 saturated heterocycles. The van der Waals surface area contributed by atoms with Gasteiger partial charge in [-0.1, -0.05) is 48.5 Å². The highest BCUT2D eigenvalue weighted by Gasteiger charge is 2.26. The minimum Gasteiger partial charge on any atom is -0.370 e. The molecule has 0 bridgehead atoms. The summed E-state index contributed by atoms with van der Waals surface area (Å²) in [5.41, 5.74) is 1.50. The number of carbonyl (C=O) groups is 1. The largest absolute Gasteiger partial charge is 0.370 e. The fraction of sp³-hybridized carbons (Fsp3) is 0.278. The van der Waals surface area contributed by atoms with Crippen LogP contribution in [0.15, 0.2) is 54.6 Å². The molecule has 1 aliphatic heterocycles. The Labute approximate surface area is 129 Å². The lowest BCUT2D eigenvalue weighted by Crippen LogP contribution is -2.43.